The Morgan fingerprint density at radius 1 is 1.18 bits per heavy atom. The first-order valence-corrected chi connectivity index (χ1v) is 12.8. The second-order valence-corrected chi connectivity index (χ2v) is 9.73. The van der Waals surface area contributed by atoms with E-state index in [4.69, 9.17) is 0 Å². The van der Waals surface area contributed by atoms with Crippen molar-refractivity contribution in [2.75, 3.05) is 36.5 Å². The molecule has 5 rings (SSSR count). The maximum atomic E-state index is 12.9. The van der Waals surface area contributed by atoms with Gasteiger partial charge in [-0.3, -0.25) is 14.3 Å². The number of carbonyl (C=O) groups excluding carboxylic acids is 2. The first-order valence-electron chi connectivity index (χ1n) is 12.8. The van der Waals surface area contributed by atoms with Gasteiger partial charge in [-0.05, 0) is 30.2 Å². The Hall–Kier alpha value is -3.86. The Kier molecular flexibility index (Phi) is 7.37. The number of benzene rings is 2. The van der Waals surface area contributed by atoms with Crippen molar-refractivity contribution < 1.29 is 19.8 Å². The Labute approximate surface area is 221 Å². The number of allylic oxidation sites excluding steroid dienone is 1. The number of fused-ring (bicyclic) bond motifs is 1. The molecule has 0 saturated carbocycles. The van der Waals surface area contributed by atoms with E-state index in [0.717, 1.165) is 5.56 Å². The first kappa shape index (κ1) is 25.8. The van der Waals surface area contributed by atoms with Crippen LogP contribution >= 0.6 is 0 Å². The molecular formula is C28H32N6O4. The molecule has 0 aliphatic carbocycles. The van der Waals surface area contributed by atoms with Crippen LogP contribution in [0.2, 0.25) is 0 Å². The quantitative estimate of drug-likeness (QED) is 0.319. The monoisotopic (exact) mass is 516 g/mol. The van der Waals surface area contributed by atoms with Crippen LogP contribution in [0.3, 0.4) is 0 Å². The number of aryl methyl sites for hydroxylation is 1. The van der Waals surface area contributed by atoms with Gasteiger partial charge in [0, 0.05) is 48.7 Å². The van der Waals surface area contributed by atoms with Gasteiger partial charge in [0.1, 0.15) is 0 Å². The standard InChI is InChI=1S/C28H32N6O4/c1-19(7-5-6-13-33-17-25(31-32-33)22(18-35)20-8-3-2-4-9-20)28(38)23-15-21(10-11-24(23)30-27(28)37)34-14-12-29-16-26(34)36/h2-5,7-11,15,17,19,22,29,35,38H,6,12-14,16,18H2,1H3,(H,30,37)/b7-5+/t19-,22?,28+/m0/s1. The molecule has 0 bridgehead atoms. The molecule has 3 heterocycles. The smallest absolute Gasteiger partial charge is 0.261 e. The first-order chi connectivity index (χ1) is 18.4. The van der Waals surface area contributed by atoms with Crippen molar-refractivity contribution in [1.82, 2.24) is 20.3 Å². The summed E-state index contributed by atoms with van der Waals surface area (Å²) in [6.45, 7) is 3.77. The number of anilines is 2. The number of amides is 2. The van der Waals surface area contributed by atoms with Gasteiger partial charge in [-0.1, -0.05) is 54.6 Å². The largest absolute Gasteiger partial charge is 0.395 e. The Balaban J connectivity index is 1.25. The molecule has 1 saturated heterocycles. The number of nitrogens with zero attached hydrogens (tertiary/aromatic N) is 4. The molecule has 2 aromatic carbocycles. The lowest BCUT2D eigenvalue weighted by atomic mass is 9.82. The number of carbonyl (C=O) groups is 2. The molecule has 0 radical (unpaired) electrons. The Bertz CT molecular complexity index is 1340. The predicted molar refractivity (Wildman–Crippen MR) is 143 cm³/mol. The van der Waals surface area contributed by atoms with Crippen molar-refractivity contribution >= 4 is 23.2 Å². The van der Waals surface area contributed by atoms with Gasteiger partial charge in [0.05, 0.1) is 24.8 Å². The van der Waals surface area contributed by atoms with Crippen LogP contribution in [0.5, 0.6) is 0 Å². The summed E-state index contributed by atoms with van der Waals surface area (Å²) in [5.41, 5.74) is 1.62. The zero-order chi connectivity index (χ0) is 26.7. The van der Waals surface area contributed by atoms with Crippen LogP contribution in [0, 0.1) is 5.92 Å². The molecule has 10 nitrogen and oxygen atoms in total. The van der Waals surface area contributed by atoms with Gasteiger partial charge in [-0.2, -0.15) is 0 Å². The third kappa shape index (κ3) is 4.85. The molecule has 3 aromatic rings. The number of rotatable bonds is 9. The van der Waals surface area contributed by atoms with Crippen LogP contribution in [0.15, 0.2) is 66.9 Å². The molecule has 38 heavy (non-hydrogen) atoms. The van der Waals surface area contributed by atoms with E-state index < -0.39 is 17.4 Å². The molecular weight excluding hydrogens is 484 g/mol. The molecule has 2 amide bonds. The number of aliphatic hydroxyl groups excluding tert-OH is 1. The highest BCUT2D eigenvalue weighted by atomic mass is 16.3. The number of aliphatic hydroxyl groups is 2. The SMILES string of the molecule is C[C@@H](/C=C/CCn1cc(C(CO)c2ccccc2)nn1)[C@]1(O)C(=O)Nc2ccc(N3CCNCC3=O)cc21. The second kappa shape index (κ2) is 10.9. The van der Waals surface area contributed by atoms with Crippen molar-refractivity contribution in [2.24, 2.45) is 5.92 Å². The average molecular weight is 517 g/mol. The molecule has 1 fully saturated rings. The van der Waals surface area contributed by atoms with E-state index in [-0.39, 0.29) is 25.0 Å². The van der Waals surface area contributed by atoms with E-state index in [1.165, 1.54) is 0 Å². The van der Waals surface area contributed by atoms with E-state index >= 15 is 0 Å². The third-order valence-corrected chi connectivity index (χ3v) is 7.32. The molecule has 198 valence electrons. The summed E-state index contributed by atoms with van der Waals surface area (Å²) in [6.07, 6.45) is 6.19. The highest BCUT2D eigenvalue weighted by Crippen LogP contribution is 2.43. The molecule has 2 aliphatic rings. The van der Waals surface area contributed by atoms with Crippen LogP contribution < -0.4 is 15.5 Å². The maximum absolute atomic E-state index is 12.9. The average Bonchev–Trinajstić information content (AvgIpc) is 3.50. The van der Waals surface area contributed by atoms with Gasteiger partial charge in [-0.15, -0.1) is 5.10 Å². The fraction of sp³-hybridized carbons (Fsp3) is 0.357. The summed E-state index contributed by atoms with van der Waals surface area (Å²) in [6, 6.07) is 15.0. The lowest BCUT2D eigenvalue weighted by molar-refractivity contribution is -0.137. The summed E-state index contributed by atoms with van der Waals surface area (Å²) in [5, 5.41) is 35.7. The van der Waals surface area contributed by atoms with Crippen LogP contribution in [-0.4, -0.2) is 63.3 Å². The van der Waals surface area contributed by atoms with Crippen LogP contribution in [-0.2, 0) is 21.7 Å². The van der Waals surface area contributed by atoms with Gasteiger partial charge >= 0.3 is 0 Å². The normalized spacial score (nSPS) is 21.0. The van der Waals surface area contributed by atoms with Gasteiger partial charge in [0.2, 0.25) is 5.91 Å². The summed E-state index contributed by atoms with van der Waals surface area (Å²) >= 11 is 0. The predicted octanol–water partition coefficient (Wildman–Crippen LogP) is 1.76. The lowest BCUT2D eigenvalue weighted by Gasteiger charge is -2.30. The maximum Gasteiger partial charge on any atom is 0.261 e. The topological polar surface area (TPSA) is 133 Å². The number of hydrogen-bond donors (Lipinski definition) is 4. The van der Waals surface area contributed by atoms with Crippen molar-refractivity contribution in [3.63, 3.8) is 0 Å². The van der Waals surface area contributed by atoms with E-state index in [9.17, 15) is 19.8 Å². The highest BCUT2D eigenvalue weighted by molar-refractivity contribution is 6.06. The highest BCUT2D eigenvalue weighted by Gasteiger charge is 2.48. The number of nitrogens with one attached hydrogen (secondary N) is 2. The van der Waals surface area contributed by atoms with Gasteiger partial charge < -0.3 is 25.7 Å². The van der Waals surface area contributed by atoms with Gasteiger partial charge in [0.25, 0.3) is 5.91 Å². The van der Waals surface area contributed by atoms with Crippen molar-refractivity contribution in [3.05, 3.63) is 83.7 Å². The number of hydrogen-bond acceptors (Lipinski definition) is 7. The van der Waals surface area contributed by atoms with Crippen molar-refractivity contribution in [2.45, 2.75) is 31.4 Å². The van der Waals surface area contributed by atoms with E-state index in [1.807, 2.05) is 48.7 Å². The molecule has 2 aliphatic heterocycles. The van der Waals surface area contributed by atoms with E-state index in [1.54, 1.807) is 34.7 Å². The fourth-order valence-electron chi connectivity index (χ4n) is 5.08. The zero-order valence-electron chi connectivity index (χ0n) is 21.2. The van der Waals surface area contributed by atoms with Crippen molar-refractivity contribution in [3.8, 4) is 0 Å². The molecule has 3 atom stereocenters. The summed E-state index contributed by atoms with van der Waals surface area (Å²) in [7, 11) is 0. The second-order valence-electron chi connectivity index (χ2n) is 9.73. The molecule has 0 spiro atoms. The minimum absolute atomic E-state index is 0.0460. The van der Waals surface area contributed by atoms with Crippen molar-refractivity contribution in [1.29, 1.82) is 0 Å². The number of piperazine rings is 1. The van der Waals surface area contributed by atoms with Gasteiger partial charge in [-0.25, -0.2) is 0 Å². The molecule has 1 unspecified atom stereocenters. The van der Waals surface area contributed by atoms with Crippen LogP contribution in [0.1, 0.15) is 36.1 Å². The lowest BCUT2D eigenvalue weighted by Crippen LogP contribution is -2.48. The molecule has 1 aromatic heterocycles. The summed E-state index contributed by atoms with van der Waals surface area (Å²) in [5.74, 6) is -1.28. The minimum Gasteiger partial charge on any atom is -0.395 e. The Morgan fingerprint density at radius 2 is 2.00 bits per heavy atom. The summed E-state index contributed by atoms with van der Waals surface area (Å²) < 4.78 is 1.72. The van der Waals surface area contributed by atoms with E-state index in [0.29, 0.717) is 48.7 Å². The zero-order valence-corrected chi connectivity index (χ0v) is 21.2. The van der Waals surface area contributed by atoms with Crippen LogP contribution in [0.4, 0.5) is 11.4 Å². The number of aromatic nitrogens is 3. The van der Waals surface area contributed by atoms with Gasteiger partial charge in [0.15, 0.2) is 5.60 Å². The van der Waals surface area contributed by atoms with Crippen LogP contribution in [0.25, 0.3) is 0 Å². The van der Waals surface area contributed by atoms with E-state index in [2.05, 4.69) is 20.9 Å². The summed E-state index contributed by atoms with van der Waals surface area (Å²) in [4.78, 5) is 26.9. The molecule has 4 N–H and O–H groups in total. The Morgan fingerprint density at radius 3 is 2.76 bits per heavy atom. The molecule has 10 heteroatoms. The third-order valence-electron chi connectivity index (χ3n) is 7.32. The minimum atomic E-state index is -1.75. The fourth-order valence-corrected chi connectivity index (χ4v) is 5.08.